The van der Waals surface area contributed by atoms with Gasteiger partial charge in [-0.2, -0.15) is 4.31 Å². The van der Waals surface area contributed by atoms with Gasteiger partial charge in [-0.15, -0.1) is 6.58 Å². The molecule has 30 heavy (non-hydrogen) atoms. The fourth-order valence-electron chi connectivity index (χ4n) is 3.50. The monoisotopic (exact) mass is 448 g/mol. The molecular formula is C22H25ClN2O4S. The topological polar surface area (TPSA) is 66.9 Å². The fourth-order valence-corrected chi connectivity index (χ4v) is 5.59. The van der Waals surface area contributed by atoms with Gasteiger partial charge in [0.05, 0.1) is 17.2 Å². The van der Waals surface area contributed by atoms with Gasteiger partial charge in [-0.1, -0.05) is 35.9 Å². The third-order valence-corrected chi connectivity index (χ3v) is 7.12. The molecule has 1 aliphatic heterocycles. The average molecular weight is 449 g/mol. The van der Waals surface area contributed by atoms with E-state index >= 15 is 0 Å². The number of carbonyl (C=O) groups excluding carboxylic acids is 1. The summed E-state index contributed by atoms with van der Waals surface area (Å²) in [5, 5.41) is 0.0772. The van der Waals surface area contributed by atoms with Crippen LogP contribution in [0.2, 0.25) is 5.02 Å². The Morgan fingerprint density at radius 1 is 1.20 bits per heavy atom. The van der Waals surface area contributed by atoms with Crippen molar-refractivity contribution in [2.75, 3.05) is 24.5 Å². The molecule has 2 aromatic rings. The van der Waals surface area contributed by atoms with E-state index in [4.69, 9.17) is 16.3 Å². The summed E-state index contributed by atoms with van der Waals surface area (Å²) >= 11 is 6.26. The Balaban J connectivity index is 1.98. The van der Waals surface area contributed by atoms with Gasteiger partial charge < -0.3 is 9.64 Å². The van der Waals surface area contributed by atoms with Crippen molar-refractivity contribution in [1.82, 2.24) is 4.31 Å². The molecule has 2 aromatic carbocycles. The largest absolute Gasteiger partial charge is 0.373 e. The summed E-state index contributed by atoms with van der Waals surface area (Å²) in [6.45, 7) is 8.11. The maximum Gasteiger partial charge on any atom is 0.258 e. The molecule has 1 heterocycles. The standard InChI is InChI=1S/C22H25ClN2O4S/c1-4-12-25(19-8-6-5-7-9-19)22(26)18-10-11-20(23)21(13-18)30(27,28)24-14-16(2)29-17(3)15-24/h4-11,13,16-17H,1,12,14-15H2,2-3H3. The average Bonchev–Trinajstić information content (AvgIpc) is 2.71. The van der Waals surface area contributed by atoms with Crippen LogP contribution in [0.1, 0.15) is 24.2 Å². The summed E-state index contributed by atoms with van der Waals surface area (Å²) in [4.78, 5) is 14.7. The Morgan fingerprint density at radius 2 is 1.83 bits per heavy atom. The van der Waals surface area contributed by atoms with Crippen molar-refractivity contribution in [3.63, 3.8) is 0 Å². The zero-order valence-electron chi connectivity index (χ0n) is 17.0. The first kappa shape index (κ1) is 22.5. The lowest BCUT2D eigenvalue weighted by Gasteiger charge is -2.34. The van der Waals surface area contributed by atoms with Crippen LogP contribution in [0.5, 0.6) is 0 Å². The minimum atomic E-state index is -3.89. The van der Waals surface area contributed by atoms with Crippen molar-refractivity contribution in [1.29, 1.82) is 0 Å². The first-order chi connectivity index (χ1) is 14.2. The summed E-state index contributed by atoms with van der Waals surface area (Å²) in [5.74, 6) is -0.335. The van der Waals surface area contributed by atoms with Crippen molar-refractivity contribution in [2.45, 2.75) is 31.0 Å². The minimum Gasteiger partial charge on any atom is -0.373 e. The molecule has 160 valence electrons. The maximum atomic E-state index is 13.3. The third-order valence-electron chi connectivity index (χ3n) is 4.81. The second-order valence-corrected chi connectivity index (χ2v) is 9.58. The normalized spacial score (nSPS) is 20.0. The second kappa shape index (κ2) is 9.31. The molecule has 0 N–H and O–H groups in total. The van der Waals surface area contributed by atoms with Crippen LogP contribution in [0, 0.1) is 0 Å². The Hall–Kier alpha value is -2.19. The van der Waals surface area contributed by atoms with Crippen LogP contribution in [0.25, 0.3) is 0 Å². The predicted octanol–water partition coefficient (Wildman–Crippen LogP) is 3.97. The highest BCUT2D eigenvalue weighted by Crippen LogP contribution is 2.29. The van der Waals surface area contributed by atoms with Crippen molar-refractivity contribution >= 4 is 33.2 Å². The highest BCUT2D eigenvalue weighted by atomic mass is 35.5. The van der Waals surface area contributed by atoms with E-state index in [9.17, 15) is 13.2 Å². The van der Waals surface area contributed by atoms with E-state index in [0.29, 0.717) is 5.69 Å². The molecule has 2 atom stereocenters. The van der Waals surface area contributed by atoms with Gasteiger partial charge in [0.25, 0.3) is 5.91 Å². The number of amides is 1. The first-order valence-electron chi connectivity index (χ1n) is 9.67. The summed E-state index contributed by atoms with van der Waals surface area (Å²) in [5.41, 5.74) is 0.927. The molecule has 1 aliphatic rings. The quantitative estimate of drug-likeness (QED) is 0.627. The maximum absolute atomic E-state index is 13.3. The molecule has 0 aliphatic carbocycles. The number of sulfonamides is 1. The molecule has 0 bridgehead atoms. The fraction of sp³-hybridized carbons (Fsp3) is 0.318. The molecule has 3 rings (SSSR count). The minimum absolute atomic E-state index is 0.0772. The molecule has 1 amide bonds. The molecule has 8 heteroatoms. The van der Waals surface area contributed by atoms with Gasteiger partial charge in [0, 0.05) is 30.9 Å². The number of rotatable bonds is 6. The van der Waals surface area contributed by atoms with E-state index in [0.717, 1.165) is 0 Å². The summed E-state index contributed by atoms with van der Waals surface area (Å²) in [6.07, 6.45) is 1.16. The zero-order chi connectivity index (χ0) is 21.9. The van der Waals surface area contributed by atoms with Crippen LogP contribution in [-0.4, -0.2) is 50.5 Å². The van der Waals surface area contributed by atoms with E-state index in [2.05, 4.69) is 6.58 Å². The van der Waals surface area contributed by atoms with Crippen LogP contribution >= 0.6 is 11.6 Å². The number of benzene rings is 2. The molecule has 0 spiro atoms. The number of nitrogens with zero attached hydrogens (tertiary/aromatic N) is 2. The lowest BCUT2D eigenvalue weighted by atomic mass is 10.1. The molecule has 6 nitrogen and oxygen atoms in total. The van der Waals surface area contributed by atoms with Crippen LogP contribution < -0.4 is 4.90 Å². The highest BCUT2D eigenvalue weighted by Gasteiger charge is 2.34. The number of carbonyl (C=O) groups is 1. The molecule has 2 unspecified atom stereocenters. The summed E-state index contributed by atoms with van der Waals surface area (Å²) < 4.78 is 33.6. The second-order valence-electron chi connectivity index (χ2n) is 7.26. The van der Waals surface area contributed by atoms with E-state index in [1.807, 2.05) is 44.2 Å². The number of halogens is 1. The number of morpholine rings is 1. The van der Waals surface area contributed by atoms with Crippen LogP contribution in [-0.2, 0) is 14.8 Å². The Morgan fingerprint density at radius 3 is 2.43 bits per heavy atom. The van der Waals surface area contributed by atoms with Crippen molar-refractivity contribution < 1.29 is 17.9 Å². The summed E-state index contributed by atoms with van der Waals surface area (Å²) in [7, 11) is -3.89. The SMILES string of the molecule is C=CCN(C(=O)c1ccc(Cl)c(S(=O)(=O)N2CC(C)OC(C)C2)c1)c1ccccc1. The highest BCUT2D eigenvalue weighted by molar-refractivity contribution is 7.89. The number of anilines is 1. The first-order valence-corrected chi connectivity index (χ1v) is 11.5. The number of hydrogen-bond acceptors (Lipinski definition) is 4. The molecule has 0 aromatic heterocycles. The Bertz CT molecular complexity index is 1020. The molecule has 0 saturated carbocycles. The summed E-state index contributed by atoms with van der Waals surface area (Å²) in [6, 6.07) is 13.5. The van der Waals surface area contributed by atoms with E-state index in [-0.39, 0.29) is 53.2 Å². The number of ether oxygens (including phenoxy) is 1. The molecule has 1 fully saturated rings. The smallest absolute Gasteiger partial charge is 0.258 e. The van der Waals surface area contributed by atoms with Gasteiger partial charge in [-0.3, -0.25) is 4.79 Å². The van der Waals surface area contributed by atoms with Gasteiger partial charge >= 0.3 is 0 Å². The lowest BCUT2D eigenvalue weighted by molar-refractivity contribution is -0.0440. The van der Waals surface area contributed by atoms with E-state index in [1.54, 1.807) is 6.08 Å². The van der Waals surface area contributed by atoms with E-state index in [1.165, 1.54) is 27.4 Å². The van der Waals surface area contributed by atoms with Gasteiger partial charge in [-0.25, -0.2) is 8.42 Å². The van der Waals surface area contributed by atoms with Gasteiger partial charge in [-0.05, 0) is 44.2 Å². The number of para-hydroxylation sites is 1. The predicted molar refractivity (Wildman–Crippen MR) is 119 cm³/mol. The van der Waals surface area contributed by atoms with Crippen molar-refractivity contribution in [3.05, 3.63) is 71.8 Å². The Kier molecular flexibility index (Phi) is 6.98. The van der Waals surface area contributed by atoms with Crippen LogP contribution in [0.3, 0.4) is 0 Å². The number of hydrogen-bond donors (Lipinski definition) is 0. The molecular weight excluding hydrogens is 424 g/mol. The van der Waals surface area contributed by atoms with E-state index < -0.39 is 10.0 Å². The zero-order valence-corrected chi connectivity index (χ0v) is 18.6. The van der Waals surface area contributed by atoms with Gasteiger partial charge in [0.2, 0.25) is 10.0 Å². The van der Waals surface area contributed by atoms with Gasteiger partial charge in [0.1, 0.15) is 4.90 Å². The van der Waals surface area contributed by atoms with Crippen LogP contribution in [0.15, 0.2) is 66.1 Å². The third kappa shape index (κ3) is 4.75. The molecule has 1 saturated heterocycles. The Labute approximate surface area is 182 Å². The van der Waals surface area contributed by atoms with Crippen molar-refractivity contribution in [2.24, 2.45) is 0 Å². The molecule has 0 radical (unpaired) electrons. The van der Waals surface area contributed by atoms with Crippen LogP contribution in [0.4, 0.5) is 5.69 Å². The lowest BCUT2D eigenvalue weighted by Crippen LogP contribution is -2.48. The van der Waals surface area contributed by atoms with Crippen molar-refractivity contribution in [3.8, 4) is 0 Å². The van der Waals surface area contributed by atoms with Gasteiger partial charge in [0.15, 0.2) is 0 Å².